The van der Waals surface area contributed by atoms with Crippen molar-refractivity contribution in [3.05, 3.63) is 10.4 Å². The van der Waals surface area contributed by atoms with Gasteiger partial charge in [-0.15, -0.1) is 0 Å². The number of rotatable bonds is 0. The summed E-state index contributed by atoms with van der Waals surface area (Å²) in [4.78, 5) is 0. The van der Waals surface area contributed by atoms with Crippen LogP contribution in [0.25, 0.3) is 0 Å². The van der Waals surface area contributed by atoms with Crippen LogP contribution in [0.4, 0.5) is 0 Å². The summed E-state index contributed by atoms with van der Waals surface area (Å²) in [5.41, 5.74) is 3.18. The van der Waals surface area contributed by atoms with Gasteiger partial charge in [-0.1, -0.05) is 0 Å². The molecule has 0 spiro atoms. The average molecular weight is 242 g/mol. The van der Waals surface area contributed by atoms with Crippen LogP contribution in [0, 0.1) is 10.4 Å². The maximum absolute atomic E-state index is 9.70. The third-order valence-corrected chi connectivity index (χ3v) is 0.612. The van der Waals surface area contributed by atoms with Gasteiger partial charge < -0.3 is 21.4 Å². The predicted molar refractivity (Wildman–Crippen MR) is 52.5 cm³/mol. The van der Waals surface area contributed by atoms with E-state index in [0.29, 0.717) is 0 Å². The van der Waals surface area contributed by atoms with Crippen LogP contribution < -0.4 is 11.0 Å². The Labute approximate surface area is 93.8 Å². The summed E-state index contributed by atoms with van der Waals surface area (Å²) in [5.74, 6) is 0. The second kappa shape index (κ2) is 7.83. The predicted octanol–water partition coefficient (Wildman–Crippen LogP) is 1.74. The topological polar surface area (TPSA) is 70.2 Å². The molecular formula is C8H20N2O2Zn. The zero-order chi connectivity index (χ0) is 10.4. The van der Waals surface area contributed by atoms with Gasteiger partial charge >= 0.3 is 19.5 Å². The number of nitrogens with one attached hydrogen (secondary N) is 2. The second-order valence-corrected chi connectivity index (χ2v) is 4.70. The van der Waals surface area contributed by atoms with Gasteiger partial charge in [0.25, 0.3) is 0 Å². The second-order valence-electron chi connectivity index (χ2n) is 4.70. The Bertz CT molecular complexity index is 93.7. The van der Waals surface area contributed by atoms with E-state index in [9.17, 15) is 10.4 Å². The monoisotopic (exact) mass is 240 g/mol. The molecule has 0 saturated carbocycles. The van der Waals surface area contributed by atoms with Crippen LogP contribution in [-0.4, -0.2) is 11.1 Å². The molecule has 0 bridgehead atoms. The smallest absolute Gasteiger partial charge is 0.787 e. The number of hydroxylamine groups is 2. The molecule has 0 unspecified atom stereocenters. The summed E-state index contributed by atoms with van der Waals surface area (Å²) >= 11 is 0. The van der Waals surface area contributed by atoms with E-state index >= 15 is 0 Å². The van der Waals surface area contributed by atoms with E-state index < -0.39 is 0 Å². The van der Waals surface area contributed by atoms with Crippen molar-refractivity contribution in [3.8, 4) is 0 Å². The first-order chi connectivity index (χ1) is 5.12. The quantitative estimate of drug-likeness (QED) is 0.501. The summed E-state index contributed by atoms with van der Waals surface area (Å²) < 4.78 is 0. The Balaban J connectivity index is -0.000000143. The Morgan fingerprint density at radius 2 is 0.769 bits per heavy atom. The summed E-state index contributed by atoms with van der Waals surface area (Å²) in [6, 6.07) is 0. The SMILES string of the molecule is CC(C)(C)N[O-].CC(C)(C)N[O-].[Zn+2]. The van der Waals surface area contributed by atoms with Crippen LogP contribution in [0.15, 0.2) is 0 Å². The summed E-state index contributed by atoms with van der Waals surface area (Å²) in [5, 5.41) is 19.4. The van der Waals surface area contributed by atoms with Crippen LogP contribution in [0.1, 0.15) is 41.5 Å². The third-order valence-electron chi connectivity index (χ3n) is 0.612. The molecule has 5 heteroatoms. The Morgan fingerprint density at radius 1 is 0.692 bits per heavy atom. The molecule has 0 aromatic rings. The molecule has 0 amide bonds. The van der Waals surface area contributed by atoms with Gasteiger partial charge in [0, 0.05) is 0 Å². The molecule has 0 aromatic heterocycles. The first-order valence-corrected chi connectivity index (χ1v) is 3.91. The van der Waals surface area contributed by atoms with Crippen LogP contribution in [0.5, 0.6) is 0 Å². The fourth-order valence-corrected chi connectivity index (χ4v) is 0. The van der Waals surface area contributed by atoms with E-state index in [0.717, 1.165) is 0 Å². The van der Waals surface area contributed by atoms with Crippen molar-refractivity contribution >= 4 is 0 Å². The molecule has 0 aromatic carbocycles. The summed E-state index contributed by atoms with van der Waals surface area (Å²) in [6.45, 7) is 10.9. The molecule has 0 heterocycles. The van der Waals surface area contributed by atoms with Crippen molar-refractivity contribution in [2.75, 3.05) is 0 Å². The minimum absolute atomic E-state index is 0. The molecule has 0 rings (SSSR count). The Hall–Kier alpha value is 0.463. The summed E-state index contributed by atoms with van der Waals surface area (Å²) in [7, 11) is 0. The van der Waals surface area contributed by atoms with Gasteiger partial charge in [0.15, 0.2) is 0 Å². The fourth-order valence-electron chi connectivity index (χ4n) is 0. The fraction of sp³-hybridized carbons (Fsp3) is 1.00. The van der Waals surface area contributed by atoms with E-state index in [4.69, 9.17) is 0 Å². The van der Waals surface area contributed by atoms with Crippen molar-refractivity contribution in [1.82, 2.24) is 11.0 Å². The maximum Gasteiger partial charge on any atom is 2.00 e. The minimum atomic E-state index is -0.264. The number of hydrogen-bond donors (Lipinski definition) is 2. The van der Waals surface area contributed by atoms with Gasteiger partial charge in [0.2, 0.25) is 0 Å². The van der Waals surface area contributed by atoms with Gasteiger partial charge in [0.05, 0.1) is 0 Å². The van der Waals surface area contributed by atoms with Crippen molar-refractivity contribution in [3.63, 3.8) is 0 Å². The first kappa shape index (κ1) is 19.1. The molecule has 13 heavy (non-hydrogen) atoms. The largest absolute Gasteiger partial charge is 2.00 e. The molecule has 0 fully saturated rings. The standard InChI is InChI=1S/2C4H10NO.Zn/c2*1-4(2,3)5-6;/h2*5H,1-3H3;/q2*-1;+2. The molecule has 2 N–H and O–H groups in total. The average Bonchev–Trinajstić information content (AvgIpc) is 1.86. The van der Waals surface area contributed by atoms with Crippen molar-refractivity contribution in [1.29, 1.82) is 0 Å². The van der Waals surface area contributed by atoms with Gasteiger partial charge in [0.1, 0.15) is 0 Å². The van der Waals surface area contributed by atoms with Gasteiger partial charge in [-0.3, -0.25) is 0 Å². The van der Waals surface area contributed by atoms with Crippen LogP contribution in [0.3, 0.4) is 0 Å². The van der Waals surface area contributed by atoms with E-state index in [1.807, 2.05) is 52.5 Å². The molecule has 0 radical (unpaired) electrons. The first-order valence-electron chi connectivity index (χ1n) is 3.91. The maximum atomic E-state index is 9.70. The van der Waals surface area contributed by atoms with Crippen molar-refractivity contribution in [2.24, 2.45) is 0 Å². The van der Waals surface area contributed by atoms with Crippen molar-refractivity contribution < 1.29 is 19.5 Å². The van der Waals surface area contributed by atoms with Gasteiger partial charge in [-0.2, -0.15) is 0 Å². The van der Waals surface area contributed by atoms with Gasteiger partial charge in [-0.05, 0) is 52.6 Å². The van der Waals surface area contributed by atoms with Crippen molar-refractivity contribution in [2.45, 2.75) is 52.6 Å². The Morgan fingerprint density at radius 3 is 0.769 bits per heavy atom. The molecule has 4 nitrogen and oxygen atoms in total. The zero-order valence-electron chi connectivity index (χ0n) is 9.52. The van der Waals surface area contributed by atoms with E-state index in [1.54, 1.807) is 0 Å². The van der Waals surface area contributed by atoms with Gasteiger partial charge in [-0.25, -0.2) is 0 Å². The molecule has 0 aliphatic rings. The van der Waals surface area contributed by atoms with Crippen LogP contribution in [0.2, 0.25) is 0 Å². The molecule has 0 atom stereocenters. The molecule has 76 valence electrons. The van der Waals surface area contributed by atoms with E-state index in [2.05, 4.69) is 0 Å². The summed E-state index contributed by atoms with van der Waals surface area (Å²) in [6.07, 6.45) is 0. The molecule has 0 aliphatic carbocycles. The molecule has 0 aliphatic heterocycles. The third kappa shape index (κ3) is 32.7. The molecule has 0 saturated heterocycles. The number of hydrogen-bond acceptors (Lipinski definition) is 4. The normalized spacial score (nSPS) is 11.1. The van der Waals surface area contributed by atoms with Crippen LogP contribution in [-0.2, 0) is 19.5 Å². The Kier molecular flexibility index (Phi) is 11.5. The minimum Gasteiger partial charge on any atom is -0.787 e. The van der Waals surface area contributed by atoms with E-state index in [-0.39, 0.29) is 30.6 Å². The van der Waals surface area contributed by atoms with Crippen LogP contribution >= 0.6 is 0 Å². The van der Waals surface area contributed by atoms with E-state index in [1.165, 1.54) is 0 Å². The molecular weight excluding hydrogens is 221 g/mol. The zero-order valence-corrected chi connectivity index (χ0v) is 12.5.